The second kappa shape index (κ2) is 7.76. The van der Waals surface area contributed by atoms with Crippen molar-refractivity contribution in [1.29, 1.82) is 0 Å². The van der Waals surface area contributed by atoms with Gasteiger partial charge in [-0.05, 0) is 61.9 Å². The fourth-order valence-corrected chi connectivity index (χ4v) is 4.21. The Hall–Kier alpha value is -1.92. The fourth-order valence-electron chi connectivity index (χ4n) is 4.21. The molecule has 1 aromatic rings. The number of likely N-dealkylation sites (tertiary alicyclic amines) is 1. The first-order valence-electron chi connectivity index (χ1n) is 9.80. The Morgan fingerprint density at radius 2 is 1.92 bits per heavy atom. The van der Waals surface area contributed by atoms with Crippen LogP contribution in [0.3, 0.4) is 0 Å². The predicted molar refractivity (Wildman–Crippen MR) is 101 cm³/mol. The summed E-state index contributed by atoms with van der Waals surface area (Å²) in [6.07, 6.45) is 3.35. The second-order valence-corrected chi connectivity index (χ2v) is 7.87. The molecule has 0 radical (unpaired) electrons. The number of piperidine rings is 2. The molecule has 0 bridgehead atoms. The number of amides is 2. The van der Waals surface area contributed by atoms with Crippen molar-refractivity contribution in [2.75, 3.05) is 38.0 Å². The number of carbonyl (C=O) groups is 2. The predicted octanol–water partition coefficient (Wildman–Crippen LogP) is 1.30. The van der Waals surface area contributed by atoms with Crippen molar-refractivity contribution in [3.63, 3.8) is 0 Å². The van der Waals surface area contributed by atoms with Crippen molar-refractivity contribution in [2.45, 2.75) is 37.6 Å². The summed E-state index contributed by atoms with van der Waals surface area (Å²) >= 11 is 0. The fraction of sp³-hybridized carbons (Fsp3) is 0.600. The first-order chi connectivity index (χ1) is 12.7. The number of carbonyl (C=O) groups excluding carboxylic acids is 2. The lowest BCUT2D eigenvalue weighted by molar-refractivity contribution is -0.133. The zero-order valence-electron chi connectivity index (χ0n) is 15.2. The van der Waals surface area contributed by atoms with Gasteiger partial charge in [-0.15, -0.1) is 0 Å². The third-order valence-corrected chi connectivity index (χ3v) is 5.91. The maximum atomic E-state index is 11.9. The van der Waals surface area contributed by atoms with Crippen LogP contribution in [0.5, 0.6) is 0 Å². The first kappa shape index (κ1) is 17.5. The van der Waals surface area contributed by atoms with Gasteiger partial charge in [0.1, 0.15) is 6.04 Å². The monoisotopic (exact) mass is 356 g/mol. The summed E-state index contributed by atoms with van der Waals surface area (Å²) in [5.74, 6) is 1.04. The lowest BCUT2D eigenvalue weighted by Crippen LogP contribution is -2.49. The normalized spacial score (nSPS) is 25.6. The van der Waals surface area contributed by atoms with Crippen molar-refractivity contribution in [3.05, 3.63) is 29.8 Å². The standard InChI is InChI=1S/C20H28N4O2/c25-19-5-4-18(20(26)23-19)22-17-3-1-2-16(10-17)15-6-8-24(9-7-15)13-14-11-21-12-14/h1-3,10,14-15,18,21-22H,4-9,11-13H2,(H,23,25,26). The summed E-state index contributed by atoms with van der Waals surface area (Å²) in [6, 6.07) is 8.13. The number of hydrogen-bond donors (Lipinski definition) is 3. The van der Waals surface area contributed by atoms with Gasteiger partial charge in [-0.1, -0.05) is 12.1 Å². The molecule has 6 nitrogen and oxygen atoms in total. The van der Waals surface area contributed by atoms with Gasteiger partial charge in [0.15, 0.2) is 0 Å². The van der Waals surface area contributed by atoms with Crippen LogP contribution in [-0.4, -0.2) is 55.5 Å². The van der Waals surface area contributed by atoms with Crippen LogP contribution >= 0.6 is 0 Å². The van der Waals surface area contributed by atoms with Crippen molar-refractivity contribution in [1.82, 2.24) is 15.5 Å². The Balaban J connectivity index is 1.32. The molecule has 0 saturated carbocycles. The van der Waals surface area contributed by atoms with Gasteiger partial charge in [0.2, 0.25) is 11.8 Å². The van der Waals surface area contributed by atoms with Crippen molar-refractivity contribution in [3.8, 4) is 0 Å². The number of anilines is 1. The number of benzene rings is 1. The van der Waals surface area contributed by atoms with Crippen molar-refractivity contribution < 1.29 is 9.59 Å². The highest BCUT2D eigenvalue weighted by molar-refractivity contribution is 6.01. The first-order valence-corrected chi connectivity index (χ1v) is 9.80. The summed E-state index contributed by atoms with van der Waals surface area (Å²) < 4.78 is 0. The van der Waals surface area contributed by atoms with E-state index in [0.717, 1.165) is 11.6 Å². The second-order valence-electron chi connectivity index (χ2n) is 7.87. The van der Waals surface area contributed by atoms with Crippen LogP contribution in [0.15, 0.2) is 24.3 Å². The highest BCUT2D eigenvalue weighted by Gasteiger charge is 2.27. The molecule has 26 heavy (non-hydrogen) atoms. The molecule has 3 aliphatic heterocycles. The molecule has 3 N–H and O–H groups in total. The molecule has 3 saturated heterocycles. The summed E-state index contributed by atoms with van der Waals surface area (Å²) in [5, 5.41) is 9.06. The van der Waals surface area contributed by atoms with Crippen molar-refractivity contribution >= 4 is 17.5 Å². The molecule has 3 fully saturated rings. The molecule has 3 heterocycles. The molecule has 3 aliphatic rings. The lowest BCUT2D eigenvalue weighted by Gasteiger charge is -2.37. The number of imide groups is 1. The Labute approximate surface area is 154 Å². The molecule has 1 atom stereocenters. The van der Waals surface area contributed by atoms with Gasteiger partial charge >= 0.3 is 0 Å². The largest absolute Gasteiger partial charge is 0.374 e. The van der Waals surface area contributed by atoms with Crippen LogP contribution in [0.2, 0.25) is 0 Å². The van der Waals surface area contributed by atoms with E-state index < -0.39 is 0 Å². The van der Waals surface area contributed by atoms with Crippen LogP contribution in [0.25, 0.3) is 0 Å². The van der Waals surface area contributed by atoms with Gasteiger partial charge in [0, 0.05) is 31.7 Å². The van der Waals surface area contributed by atoms with E-state index in [1.807, 2.05) is 6.07 Å². The SMILES string of the molecule is O=C1CCC(Nc2cccc(C3CCN(CC4CNC4)CC3)c2)C(=O)N1. The smallest absolute Gasteiger partial charge is 0.249 e. The minimum atomic E-state index is -0.319. The third-order valence-electron chi connectivity index (χ3n) is 5.91. The molecule has 0 aromatic heterocycles. The lowest BCUT2D eigenvalue weighted by atomic mass is 9.88. The molecule has 2 amide bonds. The van der Waals surface area contributed by atoms with Crippen LogP contribution in [-0.2, 0) is 9.59 Å². The minimum absolute atomic E-state index is 0.175. The summed E-state index contributed by atoms with van der Waals surface area (Å²) in [4.78, 5) is 25.8. The van der Waals surface area contributed by atoms with Crippen molar-refractivity contribution in [2.24, 2.45) is 5.92 Å². The molecule has 6 heteroatoms. The molecule has 140 valence electrons. The highest BCUT2D eigenvalue weighted by Crippen LogP contribution is 2.30. The van der Waals surface area contributed by atoms with Gasteiger partial charge in [0.05, 0.1) is 0 Å². The van der Waals surface area contributed by atoms with Gasteiger partial charge in [-0.3, -0.25) is 14.9 Å². The molecule has 1 aromatic carbocycles. The van der Waals surface area contributed by atoms with Crippen LogP contribution in [0.1, 0.15) is 37.2 Å². The maximum Gasteiger partial charge on any atom is 0.249 e. The molecule has 0 spiro atoms. The van der Waals surface area contributed by atoms with Gasteiger partial charge < -0.3 is 15.5 Å². The van der Waals surface area contributed by atoms with E-state index in [-0.39, 0.29) is 17.9 Å². The summed E-state index contributed by atoms with van der Waals surface area (Å²) in [5.41, 5.74) is 2.33. The van der Waals surface area contributed by atoms with Gasteiger partial charge in [-0.2, -0.15) is 0 Å². The maximum absolute atomic E-state index is 11.9. The molecular weight excluding hydrogens is 328 g/mol. The number of rotatable bonds is 5. The van der Waals surface area contributed by atoms with E-state index in [1.165, 1.54) is 51.1 Å². The summed E-state index contributed by atoms with van der Waals surface area (Å²) in [7, 11) is 0. The van der Waals surface area contributed by atoms with E-state index in [1.54, 1.807) is 0 Å². The molecule has 4 rings (SSSR count). The van der Waals surface area contributed by atoms with Crippen LogP contribution in [0, 0.1) is 5.92 Å². The van der Waals surface area contributed by atoms with Gasteiger partial charge in [-0.25, -0.2) is 0 Å². The third kappa shape index (κ3) is 4.07. The van der Waals surface area contributed by atoms with Crippen LogP contribution in [0.4, 0.5) is 5.69 Å². The zero-order valence-corrected chi connectivity index (χ0v) is 15.2. The van der Waals surface area contributed by atoms with Gasteiger partial charge in [0.25, 0.3) is 0 Å². The molecule has 1 unspecified atom stereocenters. The van der Waals surface area contributed by atoms with E-state index >= 15 is 0 Å². The van der Waals surface area contributed by atoms with Crippen LogP contribution < -0.4 is 16.0 Å². The Morgan fingerprint density at radius 1 is 1.12 bits per heavy atom. The molecular formula is C20H28N4O2. The Morgan fingerprint density at radius 3 is 2.62 bits per heavy atom. The number of nitrogens with zero attached hydrogens (tertiary/aromatic N) is 1. The average Bonchev–Trinajstić information content (AvgIpc) is 2.61. The van der Waals surface area contributed by atoms with E-state index in [4.69, 9.17) is 0 Å². The topological polar surface area (TPSA) is 73.5 Å². The summed E-state index contributed by atoms with van der Waals surface area (Å²) in [6.45, 7) is 5.93. The minimum Gasteiger partial charge on any atom is -0.374 e. The number of nitrogens with one attached hydrogen (secondary N) is 3. The Bertz CT molecular complexity index is 666. The number of hydrogen-bond acceptors (Lipinski definition) is 5. The average molecular weight is 356 g/mol. The Kier molecular flexibility index (Phi) is 5.22. The molecule has 0 aliphatic carbocycles. The quantitative estimate of drug-likeness (QED) is 0.694. The van der Waals surface area contributed by atoms with E-state index in [2.05, 4.69) is 39.0 Å². The zero-order chi connectivity index (χ0) is 17.9. The van der Waals surface area contributed by atoms with E-state index in [9.17, 15) is 9.59 Å². The highest BCUT2D eigenvalue weighted by atomic mass is 16.2. The van der Waals surface area contributed by atoms with E-state index in [0.29, 0.717) is 18.8 Å².